The number of para-hydroxylation sites is 2. The monoisotopic (exact) mass is 508 g/mol. The number of aryl methyl sites for hydroxylation is 2. The third-order valence-electron chi connectivity index (χ3n) is 5.04. The lowest BCUT2D eigenvalue weighted by Gasteiger charge is -2.16. The van der Waals surface area contributed by atoms with Gasteiger partial charge in [-0.05, 0) is 88.6 Å². The molecular formula is C25H21BrN2O3S. The van der Waals surface area contributed by atoms with Gasteiger partial charge in [0.05, 0.1) is 27.9 Å². The Hall–Kier alpha value is -3.03. The summed E-state index contributed by atoms with van der Waals surface area (Å²) in [5, 5.41) is 10.7. The molecule has 7 heteroatoms. The first-order chi connectivity index (χ1) is 15.4. The number of phenolic OH excluding ortho intramolecular Hbond substituents is 1. The van der Waals surface area contributed by atoms with Crippen molar-refractivity contribution >= 4 is 56.2 Å². The number of nitrogens with zero attached hydrogens (tertiary/aromatic N) is 2. The maximum absolute atomic E-state index is 13.5. The summed E-state index contributed by atoms with van der Waals surface area (Å²) in [5.41, 5.74) is 4.43. The number of rotatable bonds is 4. The lowest BCUT2D eigenvalue weighted by Crippen LogP contribution is -2.28. The van der Waals surface area contributed by atoms with Crippen LogP contribution in [-0.4, -0.2) is 23.3 Å². The minimum atomic E-state index is -0.158. The average Bonchev–Trinajstić information content (AvgIpc) is 3.08. The molecule has 3 aromatic carbocycles. The number of amides is 1. The molecule has 1 aliphatic heterocycles. The molecule has 1 heterocycles. The first kappa shape index (κ1) is 22.2. The Bertz CT molecular complexity index is 1240. The normalized spacial score (nSPS) is 16.2. The fourth-order valence-corrected chi connectivity index (χ4v) is 4.86. The SMILES string of the molecule is COc1cc(/C=C2\SC(=Nc3c(C)cccc3C)N(c3ccccc3)C2=O)cc(Br)c1O. The zero-order chi connectivity index (χ0) is 22.8. The molecule has 0 spiro atoms. The summed E-state index contributed by atoms with van der Waals surface area (Å²) in [6.07, 6.45) is 1.78. The van der Waals surface area contributed by atoms with Gasteiger partial charge < -0.3 is 9.84 Å². The molecule has 1 amide bonds. The van der Waals surface area contributed by atoms with Crippen LogP contribution in [0.5, 0.6) is 11.5 Å². The smallest absolute Gasteiger partial charge is 0.271 e. The fraction of sp³-hybridized carbons (Fsp3) is 0.120. The van der Waals surface area contributed by atoms with Crippen molar-refractivity contribution in [2.24, 2.45) is 4.99 Å². The van der Waals surface area contributed by atoms with Gasteiger partial charge in [-0.3, -0.25) is 9.69 Å². The molecule has 1 N–H and O–H groups in total. The minimum Gasteiger partial charge on any atom is -0.503 e. The van der Waals surface area contributed by atoms with Crippen LogP contribution in [0, 0.1) is 13.8 Å². The van der Waals surface area contributed by atoms with Crippen LogP contribution in [0.1, 0.15) is 16.7 Å². The lowest BCUT2D eigenvalue weighted by molar-refractivity contribution is -0.113. The van der Waals surface area contributed by atoms with E-state index < -0.39 is 0 Å². The second-order valence-electron chi connectivity index (χ2n) is 7.28. The number of ether oxygens (including phenoxy) is 1. The van der Waals surface area contributed by atoms with E-state index in [0.29, 0.717) is 20.3 Å². The summed E-state index contributed by atoms with van der Waals surface area (Å²) in [5.74, 6) is 0.184. The largest absolute Gasteiger partial charge is 0.503 e. The third-order valence-corrected chi connectivity index (χ3v) is 6.61. The van der Waals surface area contributed by atoms with Gasteiger partial charge in [0.2, 0.25) is 0 Å². The molecule has 0 saturated carbocycles. The van der Waals surface area contributed by atoms with E-state index in [1.54, 1.807) is 23.1 Å². The van der Waals surface area contributed by atoms with Crippen molar-refractivity contribution in [1.82, 2.24) is 0 Å². The number of amidine groups is 1. The number of aliphatic imine (C=N–C) groups is 1. The first-order valence-corrected chi connectivity index (χ1v) is 11.5. The molecule has 0 aromatic heterocycles. The van der Waals surface area contributed by atoms with E-state index in [2.05, 4.69) is 15.9 Å². The molecular weight excluding hydrogens is 488 g/mol. The summed E-state index contributed by atoms with van der Waals surface area (Å²) >= 11 is 4.66. The highest BCUT2D eigenvalue weighted by atomic mass is 79.9. The number of carbonyl (C=O) groups excluding carboxylic acids is 1. The Balaban J connectivity index is 1.82. The molecule has 1 saturated heterocycles. The molecule has 0 atom stereocenters. The first-order valence-electron chi connectivity index (χ1n) is 9.89. The number of carbonyl (C=O) groups is 1. The summed E-state index contributed by atoms with van der Waals surface area (Å²) in [6.45, 7) is 4.02. The second kappa shape index (κ2) is 9.22. The fourth-order valence-electron chi connectivity index (χ4n) is 3.42. The van der Waals surface area contributed by atoms with Crippen molar-refractivity contribution < 1.29 is 14.6 Å². The van der Waals surface area contributed by atoms with Gasteiger partial charge in [-0.1, -0.05) is 36.4 Å². The van der Waals surface area contributed by atoms with E-state index in [1.165, 1.54) is 18.9 Å². The summed E-state index contributed by atoms with van der Waals surface area (Å²) in [6, 6.07) is 18.9. The van der Waals surface area contributed by atoms with Crippen LogP contribution in [0.2, 0.25) is 0 Å². The number of thioether (sulfide) groups is 1. The van der Waals surface area contributed by atoms with Crippen LogP contribution >= 0.6 is 27.7 Å². The number of methoxy groups -OCH3 is 1. The second-order valence-corrected chi connectivity index (χ2v) is 9.14. The van der Waals surface area contributed by atoms with Crippen molar-refractivity contribution in [3.05, 3.63) is 86.7 Å². The number of phenols is 1. The van der Waals surface area contributed by atoms with Crippen LogP contribution in [-0.2, 0) is 4.79 Å². The maximum atomic E-state index is 13.5. The van der Waals surface area contributed by atoms with Gasteiger partial charge in [0.15, 0.2) is 16.7 Å². The van der Waals surface area contributed by atoms with Crippen LogP contribution in [0.25, 0.3) is 6.08 Å². The van der Waals surface area contributed by atoms with Gasteiger partial charge in [-0.25, -0.2) is 4.99 Å². The minimum absolute atomic E-state index is 0.0169. The quantitative estimate of drug-likeness (QED) is 0.403. The molecule has 4 rings (SSSR count). The summed E-state index contributed by atoms with van der Waals surface area (Å²) < 4.78 is 5.73. The Morgan fingerprint density at radius 1 is 1.06 bits per heavy atom. The molecule has 0 radical (unpaired) electrons. The third kappa shape index (κ3) is 4.31. The predicted octanol–water partition coefficient (Wildman–Crippen LogP) is 6.59. The number of halogens is 1. The molecule has 0 unspecified atom stereocenters. The molecule has 3 aromatic rings. The van der Waals surface area contributed by atoms with Crippen molar-refractivity contribution in [3.8, 4) is 11.5 Å². The highest BCUT2D eigenvalue weighted by molar-refractivity contribution is 9.10. The lowest BCUT2D eigenvalue weighted by atomic mass is 10.1. The Kier molecular flexibility index (Phi) is 6.39. The zero-order valence-electron chi connectivity index (χ0n) is 17.8. The Morgan fingerprint density at radius 3 is 2.41 bits per heavy atom. The van der Waals surface area contributed by atoms with Gasteiger partial charge in [0, 0.05) is 0 Å². The van der Waals surface area contributed by atoms with Gasteiger partial charge in [0.1, 0.15) is 0 Å². The molecule has 5 nitrogen and oxygen atoms in total. The number of aromatic hydroxyl groups is 1. The van der Waals surface area contributed by atoms with Crippen LogP contribution in [0.3, 0.4) is 0 Å². The van der Waals surface area contributed by atoms with E-state index in [1.807, 2.05) is 62.4 Å². The standard InChI is InChI=1S/C25H21BrN2O3S/c1-15-8-7-9-16(2)22(15)27-25-28(18-10-5-4-6-11-18)24(30)21(32-25)14-17-12-19(26)23(29)20(13-17)31-3/h4-14,29H,1-3H3/b21-14-,27-25?. The summed E-state index contributed by atoms with van der Waals surface area (Å²) in [4.78, 5) is 20.5. The number of anilines is 1. The Morgan fingerprint density at radius 2 is 1.75 bits per heavy atom. The zero-order valence-corrected chi connectivity index (χ0v) is 20.2. The van der Waals surface area contributed by atoms with Gasteiger partial charge in [-0.2, -0.15) is 0 Å². The highest BCUT2D eigenvalue weighted by Crippen LogP contribution is 2.40. The average molecular weight is 509 g/mol. The van der Waals surface area contributed by atoms with Crippen LogP contribution < -0.4 is 9.64 Å². The molecule has 162 valence electrons. The van der Waals surface area contributed by atoms with Crippen molar-refractivity contribution in [2.75, 3.05) is 12.0 Å². The predicted molar refractivity (Wildman–Crippen MR) is 135 cm³/mol. The topological polar surface area (TPSA) is 62.1 Å². The number of benzene rings is 3. The van der Waals surface area contributed by atoms with Gasteiger partial charge in [0.25, 0.3) is 5.91 Å². The molecule has 0 bridgehead atoms. The van der Waals surface area contributed by atoms with Crippen LogP contribution in [0.15, 0.2) is 75.0 Å². The molecule has 1 aliphatic rings. The molecule has 32 heavy (non-hydrogen) atoms. The number of hydrogen-bond acceptors (Lipinski definition) is 5. The summed E-state index contributed by atoms with van der Waals surface area (Å²) in [7, 11) is 1.49. The maximum Gasteiger partial charge on any atom is 0.271 e. The number of hydrogen-bond donors (Lipinski definition) is 1. The van der Waals surface area contributed by atoms with Gasteiger partial charge in [-0.15, -0.1) is 0 Å². The molecule has 1 fully saturated rings. The van der Waals surface area contributed by atoms with Crippen molar-refractivity contribution in [2.45, 2.75) is 13.8 Å². The van der Waals surface area contributed by atoms with E-state index in [9.17, 15) is 9.90 Å². The molecule has 0 aliphatic carbocycles. The highest BCUT2D eigenvalue weighted by Gasteiger charge is 2.35. The van der Waals surface area contributed by atoms with E-state index in [-0.39, 0.29) is 11.7 Å². The van der Waals surface area contributed by atoms with E-state index >= 15 is 0 Å². The van der Waals surface area contributed by atoms with Gasteiger partial charge >= 0.3 is 0 Å². The van der Waals surface area contributed by atoms with Crippen molar-refractivity contribution in [3.63, 3.8) is 0 Å². The van der Waals surface area contributed by atoms with Crippen molar-refractivity contribution in [1.29, 1.82) is 0 Å². The van der Waals surface area contributed by atoms with E-state index in [4.69, 9.17) is 9.73 Å². The van der Waals surface area contributed by atoms with E-state index in [0.717, 1.165) is 28.1 Å². The Labute approximate surface area is 199 Å². The van der Waals surface area contributed by atoms with Crippen LogP contribution in [0.4, 0.5) is 11.4 Å².